The highest BCUT2D eigenvalue weighted by Crippen LogP contribution is 2.35. The highest BCUT2D eigenvalue weighted by molar-refractivity contribution is 7.89. The number of benzene rings is 1. The van der Waals surface area contributed by atoms with Crippen molar-refractivity contribution in [3.8, 4) is 0 Å². The standard InChI is InChI=1S/C24H32N6O3S/c1-17(2)29-15-19-14-25-23(27-22(19)30(24(29)31)21-6-4-3-5-7-21)26-20-10-12-28(13-11-20)34(32,33)16-18-8-9-18/h3-7,14,17-18,20H,8-13,15-16H2,1-2H3,(H,25,26,27). The number of piperidine rings is 1. The maximum atomic E-state index is 13.4. The summed E-state index contributed by atoms with van der Waals surface area (Å²) in [6, 6.07) is 9.56. The SMILES string of the molecule is CC(C)N1Cc2cnc(NC3CCN(S(=O)(=O)CC4CC4)CC3)nc2N(c2ccccc2)C1=O. The average molecular weight is 485 g/mol. The Labute approximate surface area is 201 Å². The fourth-order valence-electron chi connectivity index (χ4n) is 4.60. The number of nitrogens with one attached hydrogen (secondary N) is 1. The number of amides is 2. The molecule has 3 aliphatic rings. The first-order valence-electron chi connectivity index (χ1n) is 12.1. The molecule has 3 heterocycles. The van der Waals surface area contributed by atoms with Gasteiger partial charge in [-0.25, -0.2) is 27.4 Å². The Morgan fingerprint density at radius 3 is 2.44 bits per heavy atom. The summed E-state index contributed by atoms with van der Waals surface area (Å²) in [5.74, 6) is 1.70. The van der Waals surface area contributed by atoms with Gasteiger partial charge in [0.05, 0.1) is 18.0 Å². The first-order chi connectivity index (χ1) is 16.3. The summed E-state index contributed by atoms with van der Waals surface area (Å²) in [6.07, 6.45) is 5.26. The number of para-hydroxylation sites is 1. The van der Waals surface area contributed by atoms with E-state index >= 15 is 0 Å². The second kappa shape index (κ2) is 9.14. The number of carbonyl (C=O) groups excluding carboxylic acids is 1. The van der Waals surface area contributed by atoms with Gasteiger partial charge in [-0.1, -0.05) is 18.2 Å². The van der Waals surface area contributed by atoms with Gasteiger partial charge in [-0.15, -0.1) is 0 Å². The van der Waals surface area contributed by atoms with Crippen molar-refractivity contribution in [2.45, 2.75) is 58.2 Å². The molecule has 0 atom stereocenters. The molecule has 0 spiro atoms. The third kappa shape index (κ3) is 4.74. The Hall–Kier alpha value is -2.72. The Kier molecular flexibility index (Phi) is 6.20. The van der Waals surface area contributed by atoms with Crippen LogP contribution in [-0.4, -0.2) is 64.5 Å². The van der Waals surface area contributed by atoms with Gasteiger partial charge in [-0.2, -0.15) is 4.98 Å². The predicted molar refractivity (Wildman–Crippen MR) is 131 cm³/mol. The molecule has 9 nitrogen and oxygen atoms in total. The molecule has 0 unspecified atom stereocenters. The lowest BCUT2D eigenvalue weighted by Crippen LogP contribution is -2.48. The smallest absolute Gasteiger partial charge is 0.330 e. The minimum Gasteiger partial charge on any atom is -0.351 e. The van der Waals surface area contributed by atoms with E-state index in [1.54, 1.807) is 15.4 Å². The van der Waals surface area contributed by atoms with Gasteiger partial charge in [-0.3, -0.25) is 0 Å². The summed E-state index contributed by atoms with van der Waals surface area (Å²) in [7, 11) is -3.16. The molecule has 1 saturated heterocycles. The molecule has 182 valence electrons. The molecule has 34 heavy (non-hydrogen) atoms. The summed E-state index contributed by atoms with van der Waals surface area (Å²) in [5.41, 5.74) is 1.65. The maximum Gasteiger partial charge on any atom is 0.330 e. The van der Waals surface area contributed by atoms with E-state index < -0.39 is 10.0 Å². The normalized spacial score (nSPS) is 20.0. The molecule has 1 aromatic heterocycles. The van der Waals surface area contributed by atoms with E-state index in [9.17, 15) is 13.2 Å². The van der Waals surface area contributed by atoms with Crippen LogP contribution >= 0.6 is 0 Å². The van der Waals surface area contributed by atoms with Crippen LogP contribution in [0.3, 0.4) is 0 Å². The number of carbonyl (C=O) groups is 1. The zero-order chi connectivity index (χ0) is 23.9. The fourth-order valence-corrected chi connectivity index (χ4v) is 6.51. The number of nitrogens with zero attached hydrogens (tertiary/aromatic N) is 5. The maximum absolute atomic E-state index is 13.4. The largest absolute Gasteiger partial charge is 0.351 e. The Bertz CT molecular complexity index is 1140. The van der Waals surface area contributed by atoms with E-state index in [1.807, 2.05) is 49.1 Å². The molecule has 2 aromatic rings. The van der Waals surface area contributed by atoms with Crippen LogP contribution in [0, 0.1) is 5.92 Å². The number of hydrogen-bond donors (Lipinski definition) is 1. The van der Waals surface area contributed by atoms with Crippen LogP contribution in [0.15, 0.2) is 36.5 Å². The fraction of sp³-hybridized carbons (Fsp3) is 0.542. The van der Waals surface area contributed by atoms with Gasteiger partial charge in [0, 0.05) is 36.9 Å². The third-order valence-corrected chi connectivity index (χ3v) is 8.84. The Balaban J connectivity index is 1.32. The molecule has 1 saturated carbocycles. The van der Waals surface area contributed by atoms with Crippen molar-refractivity contribution in [1.29, 1.82) is 0 Å². The summed E-state index contributed by atoms with van der Waals surface area (Å²) in [6.45, 7) is 5.48. The van der Waals surface area contributed by atoms with Crippen molar-refractivity contribution in [3.05, 3.63) is 42.1 Å². The van der Waals surface area contributed by atoms with Crippen LogP contribution in [-0.2, 0) is 16.6 Å². The second-order valence-electron chi connectivity index (χ2n) is 9.76. The van der Waals surface area contributed by atoms with Crippen LogP contribution in [0.25, 0.3) is 0 Å². The molecular weight excluding hydrogens is 452 g/mol. The lowest BCUT2D eigenvalue weighted by atomic mass is 10.1. The molecular formula is C24H32N6O3S. The van der Waals surface area contributed by atoms with Gasteiger partial charge in [0.15, 0.2) is 5.82 Å². The van der Waals surface area contributed by atoms with Crippen molar-refractivity contribution in [2.24, 2.45) is 5.92 Å². The molecule has 1 aliphatic carbocycles. The van der Waals surface area contributed by atoms with E-state index in [0.717, 1.165) is 24.1 Å². The number of fused-ring (bicyclic) bond motifs is 1. The minimum atomic E-state index is -3.16. The number of anilines is 3. The van der Waals surface area contributed by atoms with Crippen molar-refractivity contribution in [2.75, 3.05) is 29.1 Å². The topological polar surface area (TPSA) is 98.7 Å². The van der Waals surface area contributed by atoms with E-state index in [4.69, 9.17) is 4.98 Å². The van der Waals surface area contributed by atoms with Crippen molar-refractivity contribution >= 4 is 33.5 Å². The minimum absolute atomic E-state index is 0.0473. The van der Waals surface area contributed by atoms with Crippen molar-refractivity contribution in [3.63, 3.8) is 0 Å². The number of urea groups is 1. The summed E-state index contributed by atoms with van der Waals surface area (Å²) in [5, 5.41) is 3.38. The predicted octanol–water partition coefficient (Wildman–Crippen LogP) is 3.57. The van der Waals surface area contributed by atoms with Crippen LogP contribution in [0.2, 0.25) is 0 Å². The molecule has 5 rings (SSSR count). The second-order valence-corrected chi connectivity index (χ2v) is 11.8. The number of sulfonamides is 1. The molecule has 2 fully saturated rings. The van der Waals surface area contributed by atoms with Crippen LogP contribution in [0.5, 0.6) is 0 Å². The third-order valence-electron chi connectivity index (χ3n) is 6.79. The zero-order valence-electron chi connectivity index (χ0n) is 19.7. The van der Waals surface area contributed by atoms with E-state index in [2.05, 4.69) is 10.3 Å². The Morgan fingerprint density at radius 2 is 1.79 bits per heavy atom. The molecule has 0 bridgehead atoms. The quantitative estimate of drug-likeness (QED) is 0.645. The van der Waals surface area contributed by atoms with Crippen LogP contribution in [0.1, 0.15) is 45.1 Å². The van der Waals surface area contributed by atoms with Gasteiger partial charge in [-0.05, 0) is 57.6 Å². The highest BCUT2D eigenvalue weighted by Gasteiger charge is 2.36. The van der Waals surface area contributed by atoms with Crippen molar-refractivity contribution < 1.29 is 13.2 Å². The molecule has 0 radical (unpaired) electrons. The van der Waals surface area contributed by atoms with E-state index in [-0.39, 0.29) is 23.9 Å². The lowest BCUT2D eigenvalue weighted by molar-refractivity contribution is 0.185. The van der Waals surface area contributed by atoms with Gasteiger partial charge in [0.2, 0.25) is 16.0 Å². The number of aromatic nitrogens is 2. The molecule has 2 amide bonds. The number of rotatable bonds is 7. The first-order valence-corrected chi connectivity index (χ1v) is 13.7. The molecule has 10 heteroatoms. The molecule has 1 aromatic carbocycles. The van der Waals surface area contributed by atoms with Gasteiger partial charge < -0.3 is 10.2 Å². The van der Waals surface area contributed by atoms with E-state index in [1.165, 1.54) is 0 Å². The average Bonchev–Trinajstić information content (AvgIpc) is 3.63. The molecule has 1 N–H and O–H groups in total. The van der Waals surface area contributed by atoms with E-state index in [0.29, 0.717) is 50.2 Å². The monoisotopic (exact) mass is 484 g/mol. The lowest BCUT2D eigenvalue weighted by Gasteiger charge is -2.38. The summed E-state index contributed by atoms with van der Waals surface area (Å²) in [4.78, 5) is 26.1. The summed E-state index contributed by atoms with van der Waals surface area (Å²) < 4.78 is 26.8. The van der Waals surface area contributed by atoms with Crippen LogP contribution < -0.4 is 10.2 Å². The summed E-state index contributed by atoms with van der Waals surface area (Å²) >= 11 is 0. The zero-order valence-corrected chi connectivity index (χ0v) is 20.5. The van der Waals surface area contributed by atoms with Gasteiger partial charge in [0.1, 0.15) is 0 Å². The van der Waals surface area contributed by atoms with Gasteiger partial charge in [0.25, 0.3) is 0 Å². The number of hydrogen-bond acceptors (Lipinski definition) is 6. The highest BCUT2D eigenvalue weighted by atomic mass is 32.2. The van der Waals surface area contributed by atoms with Crippen LogP contribution in [0.4, 0.5) is 22.2 Å². The Morgan fingerprint density at radius 1 is 1.09 bits per heavy atom. The first kappa shape index (κ1) is 23.0. The van der Waals surface area contributed by atoms with Crippen molar-refractivity contribution in [1.82, 2.24) is 19.2 Å². The van der Waals surface area contributed by atoms with Gasteiger partial charge >= 0.3 is 6.03 Å². The molecule has 2 aliphatic heterocycles.